The lowest BCUT2D eigenvalue weighted by Crippen LogP contribution is -2.46. The zero-order valence-electron chi connectivity index (χ0n) is 17.8. The summed E-state index contributed by atoms with van der Waals surface area (Å²) in [4.78, 5) is 11.1. The molecule has 2 N–H and O–H groups in total. The number of nitrogens with one attached hydrogen (secondary N) is 2. The fraction of sp³-hybridized carbons (Fsp3) is 0.478. The maximum atomic E-state index is 6.31. The van der Waals surface area contributed by atoms with Crippen LogP contribution in [0, 0.1) is 5.92 Å². The number of rotatable bonds is 5. The fourth-order valence-corrected chi connectivity index (χ4v) is 4.60. The number of guanidine groups is 1. The van der Waals surface area contributed by atoms with Gasteiger partial charge in [0.1, 0.15) is 5.82 Å². The van der Waals surface area contributed by atoms with Gasteiger partial charge in [-0.05, 0) is 37.0 Å². The molecule has 0 aliphatic carbocycles. The largest absolute Gasteiger partial charge is 0.373 e. The SMILES string of the molecule is CN=C(NCC1CCCOC1c1ccccc1)NC1CCN(c2ncccc2Cl)C1.I. The van der Waals surface area contributed by atoms with E-state index in [1.165, 1.54) is 5.56 Å². The molecule has 2 fully saturated rings. The van der Waals surface area contributed by atoms with Gasteiger partial charge in [-0.1, -0.05) is 41.9 Å². The van der Waals surface area contributed by atoms with Gasteiger partial charge in [-0.3, -0.25) is 4.99 Å². The molecule has 4 rings (SSSR count). The molecule has 2 aliphatic heterocycles. The number of hydrogen-bond acceptors (Lipinski definition) is 4. The zero-order chi connectivity index (χ0) is 20.8. The Labute approximate surface area is 206 Å². The Hall–Kier alpha value is -1.58. The zero-order valence-corrected chi connectivity index (χ0v) is 20.9. The number of ether oxygens (including phenoxy) is 1. The lowest BCUT2D eigenvalue weighted by atomic mass is 9.89. The van der Waals surface area contributed by atoms with Crippen molar-refractivity contribution in [2.75, 3.05) is 38.2 Å². The van der Waals surface area contributed by atoms with E-state index in [0.717, 1.165) is 57.3 Å². The number of pyridine rings is 1. The summed E-state index contributed by atoms with van der Waals surface area (Å²) < 4.78 is 6.12. The third-order valence-electron chi connectivity index (χ3n) is 5.90. The second-order valence-electron chi connectivity index (χ2n) is 7.94. The highest BCUT2D eigenvalue weighted by molar-refractivity contribution is 14.0. The Morgan fingerprint density at radius 3 is 2.84 bits per heavy atom. The molecule has 2 aromatic rings. The van der Waals surface area contributed by atoms with Crippen molar-refractivity contribution in [2.24, 2.45) is 10.9 Å². The standard InChI is InChI=1S/C23H30ClN5O.HI/c1-25-23(28-19-11-13-29(16-19)22-20(24)10-5-12-26-22)27-15-18-9-6-14-30-21(18)17-7-3-2-4-8-17;/h2-5,7-8,10,12,18-19,21H,6,9,11,13-16H2,1H3,(H2,25,27,28);1H. The molecule has 1 aromatic carbocycles. The molecule has 0 spiro atoms. The molecule has 0 bridgehead atoms. The molecule has 31 heavy (non-hydrogen) atoms. The summed E-state index contributed by atoms with van der Waals surface area (Å²) in [5.74, 6) is 2.12. The number of hydrogen-bond donors (Lipinski definition) is 2. The van der Waals surface area contributed by atoms with Crippen LogP contribution in [0.15, 0.2) is 53.7 Å². The number of halogens is 2. The van der Waals surface area contributed by atoms with Gasteiger partial charge in [0.25, 0.3) is 0 Å². The van der Waals surface area contributed by atoms with Crippen LogP contribution in [0.1, 0.15) is 30.9 Å². The third-order valence-corrected chi connectivity index (χ3v) is 6.19. The summed E-state index contributed by atoms with van der Waals surface area (Å²) in [6.07, 6.45) is 5.20. The van der Waals surface area contributed by atoms with E-state index < -0.39 is 0 Å². The van der Waals surface area contributed by atoms with Gasteiger partial charge >= 0.3 is 0 Å². The van der Waals surface area contributed by atoms with Crippen molar-refractivity contribution in [2.45, 2.75) is 31.4 Å². The van der Waals surface area contributed by atoms with Gasteiger partial charge in [0.15, 0.2) is 5.96 Å². The Bertz CT molecular complexity index is 853. The van der Waals surface area contributed by atoms with E-state index in [9.17, 15) is 0 Å². The molecular weight excluding hydrogens is 525 g/mol. The molecule has 0 radical (unpaired) electrons. The molecule has 3 unspecified atom stereocenters. The van der Waals surface area contributed by atoms with Crippen LogP contribution >= 0.6 is 35.6 Å². The maximum absolute atomic E-state index is 6.31. The van der Waals surface area contributed by atoms with Crippen LogP contribution in [0.3, 0.4) is 0 Å². The third kappa shape index (κ3) is 6.23. The summed E-state index contributed by atoms with van der Waals surface area (Å²) in [5, 5.41) is 7.79. The Kier molecular flexibility index (Phi) is 9.22. The Balaban J connectivity index is 0.00000272. The molecular formula is C23H31ClIN5O. The highest BCUT2D eigenvalue weighted by atomic mass is 127. The normalized spacial score (nSPS) is 23.9. The van der Waals surface area contributed by atoms with Gasteiger partial charge in [0.2, 0.25) is 0 Å². The highest BCUT2D eigenvalue weighted by Crippen LogP contribution is 2.33. The first-order valence-electron chi connectivity index (χ1n) is 10.7. The van der Waals surface area contributed by atoms with Gasteiger partial charge in [0.05, 0.1) is 11.1 Å². The highest BCUT2D eigenvalue weighted by Gasteiger charge is 2.29. The van der Waals surface area contributed by atoms with Gasteiger partial charge in [-0.25, -0.2) is 4.98 Å². The summed E-state index contributed by atoms with van der Waals surface area (Å²) in [6.45, 7) is 3.45. The predicted octanol–water partition coefficient (Wildman–Crippen LogP) is 4.26. The molecule has 3 heterocycles. The Morgan fingerprint density at radius 2 is 2.06 bits per heavy atom. The van der Waals surface area contributed by atoms with Crippen molar-refractivity contribution in [1.82, 2.24) is 15.6 Å². The Morgan fingerprint density at radius 1 is 1.23 bits per heavy atom. The number of nitrogens with zero attached hydrogens (tertiary/aromatic N) is 3. The van der Waals surface area contributed by atoms with Gasteiger partial charge in [0, 0.05) is 51.4 Å². The topological polar surface area (TPSA) is 61.8 Å². The lowest BCUT2D eigenvalue weighted by molar-refractivity contribution is -0.0265. The maximum Gasteiger partial charge on any atom is 0.191 e. The molecule has 6 nitrogen and oxygen atoms in total. The van der Waals surface area contributed by atoms with Crippen molar-refractivity contribution in [3.8, 4) is 0 Å². The molecule has 168 valence electrons. The van der Waals surface area contributed by atoms with Crippen LogP contribution in [0.5, 0.6) is 0 Å². The summed E-state index contributed by atoms with van der Waals surface area (Å²) in [6, 6.07) is 14.6. The van der Waals surface area contributed by atoms with E-state index in [-0.39, 0.29) is 30.1 Å². The number of anilines is 1. The van der Waals surface area contributed by atoms with E-state index in [1.807, 2.05) is 25.2 Å². The molecule has 0 amide bonds. The first-order valence-corrected chi connectivity index (χ1v) is 11.1. The van der Waals surface area contributed by atoms with Gasteiger partial charge < -0.3 is 20.3 Å². The van der Waals surface area contributed by atoms with E-state index in [1.54, 1.807) is 6.20 Å². The van der Waals surface area contributed by atoms with Crippen molar-refractivity contribution < 1.29 is 4.74 Å². The van der Waals surface area contributed by atoms with Gasteiger partial charge in [-0.2, -0.15) is 0 Å². The fourth-order valence-electron chi connectivity index (χ4n) is 4.36. The quantitative estimate of drug-likeness (QED) is 0.328. The van der Waals surface area contributed by atoms with E-state index in [0.29, 0.717) is 17.0 Å². The summed E-state index contributed by atoms with van der Waals surface area (Å²) in [7, 11) is 1.82. The van der Waals surface area contributed by atoms with E-state index in [2.05, 4.69) is 49.8 Å². The number of aromatic nitrogens is 1. The first-order chi connectivity index (χ1) is 14.7. The van der Waals surface area contributed by atoms with Crippen molar-refractivity contribution >= 4 is 47.4 Å². The molecule has 3 atom stereocenters. The minimum atomic E-state index is 0. The monoisotopic (exact) mass is 555 g/mol. The summed E-state index contributed by atoms with van der Waals surface area (Å²) in [5.41, 5.74) is 1.26. The second kappa shape index (κ2) is 11.9. The molecule has 0 saturated carbocycles. The first kappa shape index (κ1) is 24.1. The van der Waals surface area contributed by atoms with Crippen LogP contribution in [-0.4, -0.2) is 50.3 Å². The van der Waals surface area contributed by atoms with Crippen molar-refractivity contribution in [1.29, 1.82) is 0 Å². The van der Waals surface area contributed by atoms with Crippen molar-refractivity contribution in [3.63, 3.8) is 0 Å². The van der Waals surface area contributed by atoms with Crippen LogP contribution in [0.25, 0.3) is 0 Å². The minimum absolute atomic E-state index is 0. The van der Waals surface area contributed by atoms with E-state index >= 15 is 0 Å². The average molecular weight is 556 g/mol. The van der Waals surface area contributed by atoms with Crippen LogP contribution < -0.4 is 15.5 Å². The lowest BCUT2D eigenvalue weighted by Gasteiger charge is -2.33. The van der Waals surface area contributed by atoms with E-state index in [4.69, 9.17) is 16.3 Å². The van der Waals surface area contributed by atoms with Crippen LogP contribution in [-0.2, 0) is 4.74 Å². The molecule has 2 saturated heterocycles. The number of aliphatic imine (C=N–C) groups is 1. The average Bonchev–Trinajstić information content (AvgIpc) is 3.26. The molecule has 8 heteroatoms. The molecule has 1 aromatic heterocycles. The minimum Gasteiger partial charge on any atom is -0.373 e. The summed E-state index contributed by atoms with van der Waals surface area (Å²) >= 11 is 6.31. The second-order valence-corrected chi connectivity index (χ2v) is 8.35. The van der Waals surface area contributed by atoms with Crippen LogP contribution in [0.2, 0.25) is 5.02 Å². The van der Waals surface area contributed by atoms with Crippen LogP contribution in [0.4, 0.5) is 5.82 Å². The van der Waals surface area contributed by atoms with Gasteiger partial charge in [-0.15, -0.1) is 24.0 Å². The number of benzene rings is 1. The predicted molar refractivity (Wildman–Crippen MR) is 138 cm³/mol. The molecule has 2 aliphatic rings. The van der Waals surface area contributed by atoms with Crippen molar-refractivity contribution in [3.05, 3.63) is 59.2 Å². The smallest absolute Gasteiger partial charge is 0.191 e.